The summed E-state index contributed by atoms with van der Waals surface area (Å²) >= 11 is 0. The molecule has 1 heterocycles. The second-order valence-electron chi connectivity index (χ2n) is 2.67. The molecule has 0 saturated heterocycles. The van der Waals surface area contributed by atoms with Crippen molar-refractivity contribution in [3.8, 4) is 0 Å². The molecule has 3 nitrogen and oxygen atoms in total. The van der Waals surface area contributed by atoms with Gasteiger partial charge in [0.05, 0.1) is 5.69 Å². The van der Waals surface area contributed by atoms with Crippen LogP contribution in [0.15, 0.2) is 18.3 Å². The lowest BCUT2D eigenvalue weighted by molar-refractivity contribution is 0.758. The zero-order valence-corrected chi connectivity index (χ0v) is 7.62. The molecule has 0 radical (unpaired) electrons. The van der Waals surface area contributed by atoms with E-state index >= 15 is 0 Å². The number of hydrogen-bond donors (Lipinski definition) is 1. The summed E-state index contributed by atoms with van der Waals surface area (Å²) in [7, 11) is 3.90. The van der Waals surface area contributed by atoms with Crippen molar-refractivity contribution in [1.82, 2.24) is 15.1 Å². The van der Waals surface area contributed by atoms with Crippen LogP contribution >= 0.6 is 0 Å². The Bertz CT molecular complexity index is 250. The highest BCUT2D eigenvalue weighted by atomic mass is 15.2. The second-order valence-corrected chi connectivity index (χ2v) is 2.67. The Kier molecular flexibility index (Phi) is 3.54. The molecular weight excluding hydrogens is 150 g/mol. The minimum atomic E-state index is 1.02. The van der Waals surface area contributed by atoms with E-state index in [0.717, 1.165) is 18.7 Å². The van der Waals surface area contributed by atoms with Crippen molar-refractivity contribution in [1.29, 1.82) is 0 Å². The molecule has 0 aliphatic rings. The molecular formula is C9H15N3. The standard InChI is InChI=1S/C9H15N3/c1-10-7-4-3-5-9-6-8-11-12(9)2/h3,5-6,8,10H,4,7H2,1-2H3. The molecule has 0 aliphatic carbocycles. The van der Waals surface area contributed by atoms with Crippen LogP contribution < -0.4 is 5.32 Å². The van der Waals surface area contributed by atoms with Crippen LogP contribution in [0.25, 0.3) is 6.08 Å². The summed E-state index contributed by atoms with van der Waals surface area (Å²) in [6, 6.07) is 2.00. The number of rotatable bonds is 4. The van der Waals surface area contributed by atoms with E-state index in [1.807, 2.05) is 24.8 Å². The zero-order valence-electron chi connectivity index (χ0n) is 7.62. The van der Waals surface area contributed by atoms with E-state index in [1.54, 1.807) is 6.20 Å². The SMILES string of the molecule is CNCCC=Cc1ccnn1C. The van der Waals surface area contributed by atoms with Crippen LogP contribution in [0, 0.1) is 0 Å². The van der Waals surface area contributed by atoms with E-state index in [-0.39, 0.29) is 0 Å². The summed E-state index contributed by atoms with van der Waals surface area (Å²) in [5, 5.41) is 7.15. The lowest BCUT2D eigenvalue weighted by Gasteiger charge is -1.94. The van der Waals surface area contributed by atoms with Gasteiger partial charge in [-0.25, -0.2) is 0 Å². The third-order valence-corrected chi connectivity index (χ3v) is 1.71. The van der Waals surface area contributed by atoms with Crippen LogP contribution in [-0.4, -0.2) is 23.4 Å². The first-order valence-electron chi connectivity index (χ1n) is 4.13. The molecule has 0 aliphatic heterocycles. The maximum Gasteiger partial charge on any atom is 0.0603 e. The molecule has 1 rings (SSSR count). The molecule has 0 spiro atoms. The van der Waals surface area contributed by atoms with Gasteiger partial charge >= 0.3 is 0 Å². The minimum absolute atomic E-state index is 1.02. The monoisotopic (exact) mass is 165 g/mol. The molecule has 3 heteroatoms. The molecule has 66 valence electrons. The van der Waals surface area contributed by atoms with E-state index in [9.17, 15) is 0 Å². The molecule has 1 aromatic rings. The summed E-state index contributed by atoms with van der Waals surface area (Å²) < 4.78 is 1.86. The number of aromatic nitrogens is 2. The molecule has 0 unspecified atom stereocenters. The Morgan fingerprint density at radius 3 is 3.08 bits per heavy atom. The normalized spacial score (nSPS) is 11.2. The van der Waals surface area contributed by atoms with Crippen LogP contribution in [0.4, 0.5) is 0 Å². The first-order chi connectivity index (χ1) is 5.84. The van der Waals surface area contributed by atoms with Gasteiger partial charge in [0.25, 0.3) is 0 Å². The molecule has 1 aromatic heterocycles. The van der Waals surface area contributed by atoms with Gasteiger partial charge < -0.3 is 5.32 Å². The zero-order chi connectivity index (χ0) is 8.81. The van der Waals surface area contributed by atoms with Crippen LogP contribution in [0.1, 0.15) is 12.1 Å². The molecule has 0 amide bonds. The highest BCUT2D eigenvalue weighted by molar-refractivity contribution is 5.43. The Hall–Kier alpha value is -1.09. The predicted octanol–water partition coefficient (Wildman–Crippen LogP) is 1.04. The van der Waals surface area contributed by atoms with Crippen molar-refractivity contribution in [3.63, 3.8) is 0 Å². The Morgan fingerprint density at radius 1 is 1.67 bits per heavy atom. The third-order valence-electron chi connectivity index (χ3n) is 1.71. The molecule has 12 heavy (non-hydrogen) atoms. The van der Waals surface area contributed by atoms with E-state index in [2.05, 4.69) is 22.6 Å². The Labute approximate surface area is 73.1 Å². The quantitative estimate of drug-likeness (QED) is 0.676. The number of nitrogens with one attached hydrogen (secondary N) is 1. The van der Waals surface area contributed by atoms with E-state index in [0.29, 0.717) is 0 Å². The average molecular weight is 165 g/mol. The highest BCUT2D eigenvalue weighted by Crippen LogP contribution is 1.99. The fourth-order valence-corrected chi connectivity index (χ4v) is 0.979. The topological polar surface area (TPSA) is 29.9 Å². The largest absolute Gasteiger partial charge is 0.319 e. The smallest absolute Gasteiger partial charge is 0.0603 e. The third kappa shape index (κ3) is 2.51. The van der Waals surface area contributed by atoms with Gasteiger partial charge in [-0.1, -0.05) is 6.08 Å². The van der Waals surface area contributed by atoms with Gasteiger partial charge in [0, 0.05) is 13.2 Å². The summed E-state index contributed by atoms with van der Waals surface area (Å²) in [4.78, 5) is 0. The van der Waals surface area contributed by atoms with Crippen LogP contribution in [0.3, 0.4) is 0 Å². The lowest BCUT2D eigenvalue weighted by atomic mass is 10.3. The maximum absolute atomic E-state index is 4.07. The lowest BCUT2D eigenvalue weighted by Crippen LogP contribution is -2.05. The summed E-state index contributed by atoms with van der Waals surface area (Å²) in [5.41, 5.74) is 1.14. The predicted molar refractivity (Wildman–Crippen MR) is 50.8 cm³/mol. The first-order valence-corrected chi connectivity index (χ1v) is 4.13. The van der Waals surface area contributed by atoms with Crippen molar-refractivity contribution in [2.45, 2.75) is 6.42 Å². The second kappa shape index (κ2) is 4.72. The number of hydrogen-bond acceptors (Lipinski definition) is 2. The molecule has 0 aromatic carbocycles. The van der Waals surface area contributed by atoms with Crippen molar-refractivity contribution in [2.75, 3.05) is 13.6 Å². The van der Waals surface area contributed by atoms with E-state index in [1.165, 1.54) is 0 Å². The van der Waals surface area contributed by atoms with Crippen molar-refractivity contribution >= 4 is 6.08 Å². The molecule has 0 bridgehead atoms. The van der Waals surface area contributed by atoms with Crippen molar-refractivity contribution < 1.29 is 0 Å². The first kappa shape index (κ1) is 9.00. The van der Waals surface area contributed by atoms with Gasteiger partial charge in [0.15, 0.2) is 0 Å². The maximum atomic E-state index is 4.07. The van der Waals surface area contributed by atoms with Crippen LogP contribution in [0.2, 0.25) is 0 Å². The van der Waals surface area contributed by atoms with Crippen molar-refractivity contribution in [3.05, 3.63) is 24.0 Å². The van der Waals surface area contributed by atoms with Gasteiger partial charge in [0.2, 0.25) is 0 Å². The molecule has 0 atom stereocenters. The Morgan fingerprint density at radius 2 is 2.50 bits per heavy atom. The van der Waals surface area contributed by atoms with Crippen LogP contribution in [0.5, 0.6) is 0 Å². The van der Waals surface area contributed by atoms with E-state index in [4.69, 9.17) is 0 Å². The molecule has 1 N–H and O–H groups in total. The average Bonchev–Trinajstić information content (AvgIpc) is 2.46. The number of aryl methyl sites for hydroxylation is 1. The van der Waals surface area contributed by atoms with Gasteiger partial charge in [-0.05, 0) is 32.2 Å². The highest BCUT2D eigenvalue weighted by Gasteiger charge is 1.89. The van der Waals surface area contributed by atoms with Gasteiger partial charge in [0.1, 0.15) is 0 Å². The number of nitrogens with zero attached hydrogens (tertiary/aromatic N) is 2. The van der Waals surface area contributed by atoms with Crippen LogP contribution in [-0.2, 0) is 7.05 Å². The van der Waals surface area contributed by atoms with Crippen molar-refractivity contribution in [2.24, 2.45) is 7.05 Å². The van der Waals surface area contributed by atoms with E-state index < -0.39 is 0 Å². The fourth-order valence-electron chi connectivity index (χ4n) is 0.979. The summed E-state index contributed by atoms with van der Waals surface area (Å²) in [5.74, 6) is 0. The fraction of sp³-hybridized carbons (Fsp3) is 0.444. The minimum Gasteiger partial charge on any atom is -0.319 e. The van der Waals surface area contributed by atoms with Gasteiger partial charge in [-0.2, -0.15) is 5.10 Å². The summed E-state index contributed by atoms with van der Waals surface area (Å²) in [6.45, 7) is 1.02. The van der Waals surface area contributed by atoms with Gasteiger partial charge in [-0.15, -0.1) is 0 Å². The van der Waals surface area contributed by atoms with Gasteiger partial charge in [-0.3, -0.25) is 4.68 Å². The molecule has 0 fully saturated rings. The molecule has 0 saturated carbocycles. The Balaban J connectivity index is 2.41. The summed E-state index contributed by atoms with van der Waals surface area (Å²) in [6.07, 6.45) is 7.09.